The Morgan fingerprint density at radius 3 is 2.24 bits per heavy atom. The first-order valence-corrected chi connectivity index (χ1v) is 22.4. The average Bonchev–Trinajstić information content (AvgIpc) is 3.54. The maximum atomic E-state index is 13.5. The molecule has 23 atom stereocenters. The molecule has 19 nitrogen and oxygen atoms in total. The predicted molar refractivity (Wildman–Crippen MR) is 214 cm³/mol. The summed E-state index contributed by atoms with van der Waals surface area (Å²) in [7, 11) is 0. The summed E-state index contributed by atoms with van der Waals surface area (Å²) >= 11 is 0. The summed E-state index contributed by atoms with van der Waals surface area (Å²) < 4.78 is 41.4. The van der Waals surface area contributed by atoms with Gasteiger partial charge in [-0.25, -0.2) is 0 Å². The number of aliphatic hydroxyl groups excluding tert-OH is 10. The van der Waals surface area contributed by atoms with Crippen molar-refractivity contribution in [3.05, 3.63) is 23.8 Å². The SMILES string of the molecule is C=C(CCC(=O)OC1CC2C3CC=C4CC(O)CC(OC5OCC(O)C(O)C5OC5OC(C)C(O)C(O)C5O)C4(C)C3CCC2(C)C1C(C)=O)COC1OC(CO)C(O)C(O)C1O. The normalized spacial score (nSPS) is 49.8. The van der Waals surface area contributed by atoms with Crippen LogP contribution in [0.1, 0.15) is 79.1 Å². The zero-order chi connectivity index (χ0) is 45.9. The molecule has 4 aliphatic carbocycles. The standard InChI is InChI=1S/C44H68O19/c1-18(16-57-40-37(55)36(54)34(52)28(15-45)61-40)6-9-30(49)60-27-14-25-23-8-7-21-12-22(47)13-29(44(21,5)24(23)10-11-43(25,4)31(27)19(2)46)62-42-39(33(51)26(48)17-58-42)63-41-38(56)35(53)32(50)20(3)59-41/h7,20,22-29,31-42,45,47-48,50-56H,1,6,8-17H2,2-5H3. The highest BCUT2D eigenvalue weighted by Gasteiger charge is 2.65. The van der Waals surface area contributed by atoms with Gasteiger partial charge in [-0.15, -0.1) is 0 Å². The molecule has 0 amide bonds. The Morgan fingerprint density at radius 2 is 1.54 bits per heavy atom. The van der Waals surface area contributed by atoms with Crippen molar-refractivity contribution in [3.8, 4) is 0 Å². The molecule has 3 saturated carbocycles. The number of carbonyl (C=O) groups is 2. The van der Waals surface area contributed by atoms with Crippen LogP contribution >= 0.6 is 0 Å². The minimum atomic E-state index is -1.69. The highest BCUT2D eigenvalue weighted by Crippen LogP contribution is 2.67. The van der Waals surface area contributed by atoms with E-state index in [1.807, 2.05) is 0 Å². The Hall–Kier alpha value is -2.02. The molecule has 0 aromatic rings. The van der Waals surface area contributed by atoms with Gasteiger partial charge in [0, 0.05) is 18.3 Å². The lowest BCUT2D eigenvalue weighted by molar-refractivity contribution is -0.362. The van der Waals surface area contributed by atoms with Crippen LogP contribution in [0.25, 0.3) is 0 Å². The number of carbonyl (C=O) groups excluding carboxylic acids is 2. The van der Waals surface area contributed by atoms with Crippen LogP contribution in [0.5, 0.6) is 0 Å². The van der Waals surface area contributed by atoms with Gasteiger partial charge in [0.1, 0.15) is 72.9 Å². The second-order valence-electron chi connectivity index (χ2n) is 19.5. The minimum absolute atomic E-state index is 0.00149. The molecule has 0 radical (unpaired) electrons. The molecule has 0 spiro atoms. The molecule has 19 heteroatoms. The topological polar surface area (TPSA) is 301 Å². The van der Waals surface area contributed by atoms with Gasteiger partial charge < -0.3 is 84.2 Å². The molecule has 0 bridgehead atoms. The molecule has 23 unspecified atom stereocenters. The first kappa shape index (κ1) is 48.9. The van der Waals surface area contributed by atoms with Crippen LogP contribution in [-0.2, 0) is 42.7 Å². The van der Waals surface area contributed by atoms with Gasteiger partial charge in [-0.2, -0.15) is 0 Å². The molecule has 358 valence electrons. The van der Waals surface area contributed by atoms with E-state index in [-0.39, 0.29) is 56.0 Å². The number of hydrogen-bond acceptors (Lipinski definition) is 19. The number of fused-ring (bicyclic) bond motifs is 5. The largest absolute Gasteiger partial charge is 0.462 e. The average molecular weight is 901 g/mol. The van der Waals surface area contributed by atoms with Gasteiger partial charge in [0.2, 0.25) is 0 Å². The smallest absolute Gasteiger partial charge is 0.306 e. The molecule has 6 fully saturated rings. The fraction of sp³-hybridized carbons (Fsp3) is 0.864. The number of esters is 1. The van der Waals surface area contributed by atoms with Crippen molar-refractivity contribution in [2.45, 2.75) is 183 Å². The molecular formula is C44H68O19. The van der Waals surface area contributed by atoms with E-state index in [2.05, 4.69) is 26.5 Å². The third kappa shape index (κ3) is 9.21. The van der Waals surface area contributed by atoms with Gasteiger partial charge in [0.15, 0.2) is 18.9 Å². The molecule has 0 aromatic carbocycles. The highest BCUT2D eigenvalue weighted by atomic mass is 16.8. The molecule has 0 aromatic heterocycles. The van der Waals surface area contributed by atoms with Gasteiger partial charge in [-0.3, -0.25) is 9.59 Å². The number of hydrogen-bond donors (Lipinski definition) is 10. The van der Waals surface area contributed by atoms with Crippen LogP contribution in [-0.4, -0.2) is 187 Å². The Balaban J connectivity index is 1.03. The Kier molecular flexibility index (Phi) is 15.0. The first-order valence-electron chi connectivity index (χ1n) is 22.4. The van der Waals surface area contributed by atoms with E-state index in [0.29, 0.717) is 37.7 Å². The number of ketones is 1. The van der Waals surface area contributed by atoms with Crippen LogP contribution in [0.15, 0.2) is 23.8 Å². The Morgan fingerprint density at radius 1 is 0.841 bits per heavy atom. The van der Waals surface area contributed by atoms with Crippen LogP contribution in [0.2, 0.25) is 0 Å². The predicted octanol–water partition coefficient (Wildman–Crippen LogP) is -1.52. The van der Waals surface area contributed by atoms with Crippen molar-refractivity contribution in [2.75, 3.05) is 19.8 Å². The second kappa shape index (κ2) is 19.3. The van der Waals surface area contributed by atoms with Gasteiger partial charge in [-0.1, -0.05) is 37.6 Å². The molecule has 3 saturated heterocycles. The summed E-state index contributed by atoms with van der Waals surface area (Å²) in [5.74, 6) is -1.13. The lowest BCUT2D eigenvalue weighted by atomic mass is 9.46. The maximum absolute atomic E-state index is 13.5. The number of rotatable bonds is 13. The maximum Gasteiger partial charge on any atom is 0.306 e. The summed E-state index contributed by atoms with van der Waals surface area (Å²) in [6.45, 7) is 10.1. The van der Waals surface area contributed by atoms with Crippen molar-refractivity contribution in [1.82, 2.24) is 0 Å². The second-order valence-corrected chi connectivity index (χ2v) is 19.5. The summed E-state index contributed by atoms with van der Waals surface area (Å²) in [6, 6.07) is 0. The van der Waals surface area contributed by atoms with Gasteiger partial charge in [0.05, 0.1) is 44.1 Å². The minimum Gasteiger partial charge on any atom is -0.462 e. The van der Waals surface area contributed by atoms with E-state index >= 15 is 0 Å². The molecule has 10 N–H and O–H groups in total. The zero-order valence-corrected chi connectivity index (χ0v) is 36.3. The fourth-order valence-electron chi connectivity index (χ4n) is 12.2. The number of aliphatic hydroxyl groups is 10. The summed E-state index contributed by atoms with van der Waals surface area (Å²) in [5.41, 5.74) is 0.327. The van der Waals surface area contributed by atoms with Crippen LogP contribution in [0.3, 0.4) is 0 Å². The number of allylic oxidation sites excluding steroid dienone is 1. The van der Waals surface area contributed by atoms with Crippen molar-refractivity contribution in [2.24, 2.45) is 34.5 Å². The third-order valence-corrected chi connectivity index (χ3v) is 15.7. The first-order chi connectivity index (χ1) is 29.7. The monoisotopic (exact) mass is 900 g/mol. The molecule has 3 heterocycles. The lowest BCUT2D eigenvalue weighted by Crippen LogP contribution is -2.63. The van der Waals surface area contributed by atoms with Gasteiger partial charge in [-0.05, 0) is 75.5 Å². The molecular weight excluding hydrogens is 832 g/mol. The quantitative estimate of drug-likeness (QED) is 0.0741. The van der Waals surface area contributed by atoms with E-state index < -0.39 is 134 Å². The molecule has 7 rings (SSSR count). The Labute approximate surface area is 366 Å². The summed E-state index contributed by atoms with van der Waals surface area (Å²) in [5, 5.41) is 104. The van der Waals surface area contributed by atoms with Gasteiger partial charge >= 0.3 is 5.97 Å². The fourth-order valence-corrected chi connectivity index (χ4v) is 12.2. The van der Waals surface area contributed by atoms with Crippen LogP contribution < -0.4 is 0 Å². The number of Topliss-reactive ketones (excluding diaryl/α,β-unsaturated/α-hetero) is 1. The molecule has 3 aliphatic heterocycles. The van der Waals surface area contributed by atoms with Crippen molar-refractivity contribution < 1.29 is 93.8 Å². The summed E-state index contributed by atoms with van der Waals surface area (Å²) in [4.78, 5) is 26.9. The van der Waals surface area contributed by atoms with E-state index in [4.69, 9.17) is 33.2 Å². The van der Waals surface area contributed by atoms with Crippen molar-refractivity contribution >= 4 is 11.8 Å². The summed E-state index contributed by atoms with van der Waals surface area (Å²) in [6.07, 6.45) is -16.7. The third-order valence-electron chi connectivity index (χ3n) is 15.7. The number of ether oxygens (including phenoxy) is 7. The van der Waals surface area contributed by atoms with E-state index in [1.165, 1.54) is 13.8 Å². The molecule has 63 heavy (non-hydrogen) atoms. The van der Waals surface area contributed by atoms with Crippen molar-refractivity contribution in [1.29, 1.82) is 0 Å². The van der Waals surface area contributed by atoms with Gasteiger partial charge in [0.25, 0.3) is 0 Å². The molecule has 7 aliphatic rings. The van der Waals surface area contributed by atoms with E-state index in [0.717, 1.165) is 5.57 Å². The van der Waals surface area contributed by atoms with E-state index in [1.54, 1.807) is 0 Å². The highest BCUT2D eigenvalue weighted by molar-refractivity contribution is 5.81. The van der Waals surface area contributed by atoms with Crippen molar-refractivity contribution in [3.63, 3.8) is 0 Å². The van der Waals surface area contributed by atoms with E-state index in [9.17, 15) is 60.7 Å². The van der Waals surface area contributed by atoms with Crippen LogP contribution in [0.4, 0.5) is 0 Å². The zero-order valence-electron chi connectivity index (χ0n) is 36.3. The Bertz CT molecular complexity index is 1680. The van der Waals surface area contributed by atoms with Crippen LogP contribution in [0, 0.1) is 34.5 Å². The lowest BCUT2D eigenvalue weighted by Gasteiger charge is -2.60.